The van der Waals surface area contributed by atoms with Crippen molar-refractivity contribution < 1.29 is 13.7 Å². The highest BCUT2D eigenvalue weighted by Crippen LogP contribution is 2.39. The summed E-state index contributed by atoms with van der Waals surface area (Å²) in [5.41, 5.74) is -1.12. The SMILES string of the molecule is CCCN1CCC(n2cc(C=C(F)B3OC(C)(C)C(C)(C)O3)nn2)C1. The van der Waals surface area contributed by atoms with E-state index in [9.17, 15) is 4.39 Å². The van der Waals surface area contributed by atoms with E-state index in [4.69, 9.17) is 9.31 Å². The molecule has 1 atom stereocenters. The Bertz CT molecular complexity index is 630. The molecule has 2 aliphatic rings. The van der Waals surface area contributed by atoms with Gasteiger partial charge in [-0.1, -0.05) is 12.1 Å². The second-order valence-electron chi connectivity index (χ2n) is 7.98. The first-order chi connectivity index (χ1) is 11.7. The maximum absolute atomic E-state index is 14.6. The highest BCUT2D eigenvalue weighted by atomic mass is 19.1. The molecule has 1 aromatic rings. The van der Waals surface area contributed by atoms with Crippen LogP contribution < -0.4 is 0 Å². The van der Waals surface area contributed by atoms with Crippen molar-refractivity contribution in [2.75, 3.05) is 19.6 Å². The van der Waals surface area contributed by atoms with Crippen LogP contribution in [0.4, 0.5) is 4.39 Å². The van der Waals surface area contributed by atoms with Gasteiger partial charge in [0.1, 0.15) is 11.4 Å². The van der Waals surface area contributed by atoms with Crippen LogP contribution in [0.5, 0.6) is 0 Å². The van der Waals surface area contributed by atoms with E-state index in [2.05, 4.69) is 22.1 Å². The van der Waals surface area contributed by atoms with E-state index >= 15 is 0 Å². The third kappa shape index (κ3) is 3.81. The molecule has 3 rings (SSSR count). The Labute approximate surface area is 149 Å². The van der Waals surface area contributed by atoms with Crippen molar-refractivity contribution in [2.45, 2.75) is 64.7 Å². The summed E-state index contributed by atoms with van der Waals surface area (Å²) in [6.07, 6.45) is 5.35. The van der Waals surface area contributed by atoms with Crippen molar-refractivity contribution in [3.8, 4) is 0 Å². The predicted octanol–water partition coefficient (Wildman–Crippen LogP) is 2.88. The van der Waals surface area contributed by atoms with Gasteiger partial charge >= 0.3 is 7.12 Å². The van der Waals surface area contributed by atoms with Crippen LogP contribution in [-0.2, 0) is 9.31 Å². The Kier molecular flexibility index (Phi) is 5.05. The summed E-state index contributed by atoms with van der Waals surface area (Å²) < 4.78 is 27.8. The average Bonchev–Trinajstić information content (AvgIpc) is 3.19. The predicted molar refractivity (Wildman–Crippen MR) is 95.6 cm³/mol. The maximum Gasteiger partial charge on any atom is 0.525 e. The van der Waals surface area contributed by atoms with Crippen LogP contribution in [0.1, 0.15) is 59.2 Å². The number of likely N-dealkylation sites (tertiary alicyclic amines) is 1. The van der Waals surface area contributed by atoms with Crippen LogP contribution in [-0.4, -0.2) is 57.8 Å². The van der Waals surface area contributed by atoms with E-state index in [1.165, 1.54) is 6.08 Å². The van der Waals surface area contributed by atoms with Crippen molar-refractivity contribution in [1.29, 1.82) is 0 Å². The summed E-state index contributed by atoms with van der Waals surface area (Å²) in [7, 11) is -0.998. The number of aromatic nitrogens is 3. The molecule has 0 bridgehead atoms. The summed E-state index contributed by atoms with van der Waals surface area (Å²) in [5.74, 6) is 0. The molecule has 2 saturated heterocycles. The quantitative estimate of drug-likeness (QED) is 0.765. The zero-order chi connectivity index (χ0) is 18.2. The zero-order valence-electron chi connectivity index (χ0n) is 15.8. The van der Waals surface area contributed by atoms with Crippen molar-refractivity contribution in [3.05, 3.63) is 17.6 Å². The largest absolute Gasteiger partial charge is 0.525 e. The maximum atomic E-state index is 14.6. The van der Waals surface area contributed by atoms with Gasteiger partial charge in [0.05, 0.1) is 23.4 Å². The number of hydrogen-bond acceptors (Lipinski definition) is 5. The van der Waals surface area contributed by atoms with Gasteiger partial charge in [-0.25, -0.2) is 9.07 Å². The minimum Gasteiger partial charge on any atom is -0.398 e. The van der Waals surface area contributed by atoms with Crippen LogP contribution in [0.3, 0.4) is 0 Å². The molecule has 1 aromatic heterocycles. The van der Waals surface area contributed by atoms with Gasteiger partial charge in [-0.15, -0.1) is 5.10 Å². The van der Waals surface area contributed by atoms with Gasteiger partial charge < -0.3 is 14.2 Å². The van der Waals surface area contributed by atoms with E-state index in [-0.39, 0.29) is 0 Å². The molecule has 25 heavy (non-hydrogen) atoms. The van der Waals surface area contributed by atoms with E-state index in [1.807, 2.05) is 32.4 Å². The Hall–Kier alpha value is -1.25. The summed E-state index contributed by atoms with van der Waals surface area (Å²) in [6, 6.07) is 0.307. The second kappa shape index (κ2) is 6.81. The minimum atomic E-state index is -0.998. The Balaban J connectivity index is 1.66. The molecule has 0 radical (unpaired) electrons. The number of rotatable bonds is 5. The lowest BCUT2D eigenvalue weighted by Gasteiger charge is -2.32. The van der Waals surface area contributed by atoms with Crippen molar-refractivity contribution in [2.24, 2.45) is 0 Å². The van der Waals surface area contributed by atoms with E-state index in [1.54, 1.807) is 6.20 Å². The molecule has 0 aliphatic carbocycles. The van der Waals surface area contributed by atoms with Gasteiger partial charge in [-0.05, 0) is 53.2 Å². The third-order valence-corrected chi connectivity index (χ3v) is 5.45. The van der Waals surface area contributed by atoms with Crippen molar-refractivity contribution in [1.82, 2.24) is 19.9 Å². The molecule has 0 saturated carbocycles. The van der Waals surface area contributed by atoms with Crippen molar-refractivity contribution in [3.63, 3.8) is 0 Å². The molecule has 8 heteroatoms. The third-order valence-electron chi connectivity index (χ3n) is 5.45. The molecule has 0 N–H and O–H groups in total. The minimum absolute atomic E-state index is 0.307. The molecule has 6 nitrogen and oxygen atoms in total. The molecule has 1 unspecified atom stereocenters. The summed E-state index contributed by atoms with van der Waals surface area (Å²) in [6.45, 7) is 12.9. The Morgan fingerprint density at radius 2 is 2.04 bits per heavy atom. The van der Waals surface area contributed by atoms with Gasteiger partial charge in [0.2, 0.25) is 0 Å². The second-order valence-corrected chi connectivity index (χ2v) is 7.98. The average molecular weight is 350 g/mol. The van der Waals surface area contributed by atoms with Gasteiger partial charge in [-0.2, -0.15) is 0 Å². The highest BCUT2D eigenvalue weighted by Gasteiger charge is 2.53. The molecular weight excluding hydrogens is 322 g/mol. The molecule has 0 spiro atoms. The first-order valence-corrected chi connectivity index (χ1v) is 9.09. The van der Waals surface area contributed by atoms with Crippen LogP contribution in [0.2, 0.25) is 0 Å². The summed E-state index contributed by atoms with van der Waals surface area (Å²) >= 11 is 0. The van der Waals surface area contributed by atoms with E-state index in [0.29, 0.717) is 11.7 Å². The van der Waals surface area contributed by atoms with E-state index < -0.39 is 24.0 Å². The molecule has 0 aromatic carbocycles. The van der Waals surface area contributed by atoms with E-state index in [0.717, 1.165) is 32.5 Å². The Morgan fingerprint density at radius 1 is 1.36 bits per heavy atom. The lowest BCUT2D eigenvalue weighted by atomic mass is 9.87. The van der Waals surface area contributed by atoms with Gasteiger partial charge in [0, 0.05) is 13.1 Å². The molecule has 2 fully saturated rings. The monoisotopic (exact) mass is 350 g/mol. The van der Waals surface area contributed by atoms with Gasteiger partial charge in [0.15, 0.2) is 0 Å². The first kappa shape index (κ1) is 18.5. The smallest absolute Gasteiger partial charge is 0.398 e. The fourth-order valence-electron chi connectivity index (χ4n) is 3.25. The van der Waals surface area contributed by atoms with Crippen LogP contribution in [0.15, 0.2) is 11.9 Å². The van der Waals surface area contributed by atoms with Gasteiger partial charge in [-0.3, -0.25) is 0 Å². The lowest BCUT2D eigenvalue weighted by Crippen LogP contribution is -2.41. The highest BCUT2D eigenvalue weighted by molar-refractivity contribution is 6.54. The fraction of sp³-hybridized carbons (Fsp3) is 0.765. The standard InChI is InChI=1S/C17H28BFN4O2/c1-6-8-22-9-7-14(12-22)23-11-13(20-21-23)10-15(19)18-24-16(2,3)17(4,5)25-18/h10-11,14H,6-9,12H2,1-5H3. The van der Waals surface area contributed by atoms with Crippen LogP contribution in [0.25, 0.3) is 6.08 Å². The number of nitrogens with zero attached hydrogens (tertiary/aromatic N) is 4. The molecule has 2 aliphatic heterocycles. The molecule has 0 amide bonds. The topological polar surface area (TPSA) is 52.4 Å². The molecular formula is C17H28BFN4O2. The summed E-state index contributed by atoms with van der Waals surface area (Å²) in [5, 5.41) is 8.26. The number of hydrogen-bond donors (Lipinski definition) is 0. The molecule has 3 heterocycles. The first-order valence-electron chi connectivity index (χ1n) is 9.09. The van der Waals surface area contributed by atoms with Crippen LogP contribution >= 0.6 is 0 Å². The summed E-state index contributed by atoms with van der Waals surface area (Å²) in [4.78, 5) is 2.42. The molecule has 138 valence electrons. The zero-order valence-corrected chi connectivity index (χ0v) is 15.8. The number of halogens is 1. The lowest BCUT2D eigenvalue weighted by molar-refractivity contribution is 0.00578. The fourth-order valence-corrected chi connectivity index (χ4v) is 3.25. The van der Waals surface area contributed by atoms with Crippen LogP contribution in [0, 0.1) is 0 Å². The normalized spacial score (nSPS) is 26.6. The van der Waals surface area contributed by atoms with Gasteiger partial charge in [0.25, 0.3) is 0 Å². The Morgan fingerprint density at radius 3 is 2.68 bits per heavy atom. The van der Waals surface area contributed by atoms with Crippen molar-refractivity contribution >= 4 is 13.2 Å².